The Morgan fingerprint density at radius 1 is 0.961 bits per heavy atom. The van der Waals surface area contributed by atoms with Crippen LogP contribution in [-0.2, 0) is 17.6 Å². The first kappa shape index (κ1) is 33.3. The van der Waals surface area contributed by atoms with E-state index in [2.05, 4.69) is 31.2 Å². The van der Waals surface area contributed by atoms with Crippen LogP contribution in [0.25, 0.3) is 5.57 Å². The van der Waals surface area contributed by atoms with E-state index in [1.165, 1.54) is 21.6 Å². The fourth-order valence-corrected chi connectivity index (χ4v) is 8.40. The van der Waals surface area contributed by atoms with Gasteiger partial charge in [0, 0.05) is 36.8 Å². The summed E-state index contributed by atoms with van der Waals surface area (Å²) in [4.78, 5) is 44.6. The van der Waals surface area contributed by atoms with Crippen LogP contribution < -0.4 is 19.1 Å². The van der Waals surface area contributed by atoms with E-state index in [1.54, 1.807) is 30.2 Å². The molecule has 266 valence electrons. The molecule has 5 aliphatic rings. The number of aryl methyl sites for hydroxylation is 3. The number of rotatable bonds is 10. The number of benzene rings is 3. The van der Waals surface area contributed by atoms with Crippen molar-refractivity contribution in [1.29, 1.82) is 0 Å². The van der Waals surface area contributed by atoms with Crippen molar-refractivity contribution in [2.24, 2.45) is 5.41 Å². The number of aliphatic hydroxyl groups excluding tert-OH is 1. The molecule has 51 heavy (non-hydrogen) atoms. The number of aliphatic hydroxyl groups is 1. The van der Waals surface area contributed by atoms with Gasteiger partial charge in [-0.05, 0) is 103 Å². The van der Waals surface area contributed by atoms with Gasteiger partial charge in [0.2, 0.25) is 6.41 Å². The lowest BCUT2D eigenvalue weighted by Crippen LogP contribution is -2.48. The molecule has 3 aromatic rings. The quantitative estimate of drug-likeness (QED) is 0.208. The van der Waals surface area contributed by atoms with Gasteiger partial charge in [0.15, 0.2) is 17.7 Å². The molecular formula is C41H45N3O7. The molecule has 4 aliphatic heterocycles. The van der Waals surface area contributed by atoms with E-state index in [0.29, 0.717) is 73.1 Å². The van der Waals surface area contributed by atoms with E-state index in [0.717, 1.165) is 49.7 Å². The first-order valence-electron chi connectivity index (χ1n) is 18.2. The Balaban J connectivity index is 0.920. The van der Waals surface area contributed by atoms with Gasteiger partial charge in [-0.1, -0.05) is 31.2 Å². The van der Waals surface area contributed by atoms with Gasteiger partial charge in [-0.2, -0.15) is 0 Å². The topological polar surface area (TPSA) is 109 Å². The van der Waals surface area contributed by atoms with E-state index in [4.69, 9.17) is 14.2 Å². The number of amides is 3. The highest BCUT2D eigenvalue weighted by Gasteiger charge is 2.57. The Bertz CT molecular complexity index is 1920. The van der Waals surface area contributed by atoms with Gasteiger partial charge in [-0.25, -0.2) is 0 Å². The van der Waals surface area contributed by atoms with Crippen LogP contribution in [0.5, 0.6) is 17.2 Å². The molecule has 0 bridgehead atoms. The van der Waals surface area contributed by atoms with E-state index < -0.39 is 12.3 Å². The highest BCUT2D eigenvalue weighted by Crippen LogP contribution is 2.56. The summed E-state index contributed by atoms with van der Waals surface area (Å²) in [5.74, 6) is 1.46. The molecule has 1 N–H and O–H groups in total. The number of hydrogen-bond donors (Lipinski definition) is 1. The molecule has 3 amide bonds. The van der Waals surface area contributed by atoms with Crippen LogP contribution in [0.2, 0.25) is 0 Å². The summed E-state index contributed by atoms with van der Waals surface area (Å²) in [7, 11) is 1.58. The first-order chi connectivity index (χ1) is 24.7. The molecule has 4 heterocycles. The highest BCUT2D eigenvalue weighted by molar-refractivity contribution is 6.04. The minimum atomic E-state index is -1.11. The van der Waals surface area contributed by atoms with Gasteiger partial charge >= 0.3 is 0 Å². The largest absolute Gasteiger partial charge is 0.493 e. The van der Waals surface area contributed by atoms with Crippen LogP contribution in [-0.4, -0.2) is 78.3 Å². The standard InChI is InChI=1S/C41H45N3O7/c1-4-26-6-8-27(9-7-26)29-17-30-11-10-28-18-37(36(49-3)19-31(28)38(46)42(30)22-29)51-15-5-14-50-35-20-33-32(16-25(35)2)39(47)43-23-41(12-13-41)21-34(43)40(48)44(33)24-45/h6-9,16,18-20,22,24,30,34,40,48H,4-5,10-15,17,21,23H2,1-3H3/t30-,34+,40?/m1/s1. The van der Waals surface area contributed by atoms with Crippen molar-refractivity contribution in [1.82, 2.24) is 9.80 Å². The first-order valence-corrected chi connectivity index (χ1v) is 18.2. The van der Waals surface area contributed by atoms with Gasteiger partial charge in [0.25, 0.3) is 11.8 Å². The van der Waals surface area contributed by atoms with E-state index in [-0.39, 0.29) is 23.3 Å². The molecule has 10 nitrogen and oxygen atoms in total. The summed E-state index contributed by atoms with van der Waals surface area (Å²) < 4.78 is 18.0. The second kappa shape index (κ2) is 13.1. The van der Waals surface area contributed by atoms with Gasteiger partial charge in [-0.15, -0.1) is 0 Å². The molecule has 1 saturated carbocycles. The second-order valence-electron chi connectivity index (χ2n) is 14.8. The summed E-state index contributed by atoms with van der Waals surface area (Å²) in [5, 5.41) is 11.2. The molecule has 10 heteroatoms. The van der Waals surface area contributed by atoms with Crippen LogP contribution in [0.1, 0.15) is 88.4 Å². The van der Waals surface area contributed by atoms with Crippen LogP contribution in [0.4, 0.5) is 5.69 Å². The number of fused-ring (bicyclic) bond motifs is 4. The van der Waals surface area contributed by atoms with Crippen molar-refractivity contribution >= 4 is 29.5 Å². The Labute approximate surface area is 298 Å². The maximum Gasteiger partial charge on any atom is 0.258 e. The van der Waals surface area contributed by atoms with Gasteiger partial charge in [-0.3, -0.25) is 19.3 Å². The minimum absolute atomic E-state index is 0.0170. The van der Waals surface area contributed by atoms with Crippen molar-refractivity contribution in [3.63, 3.8) is 0 Å². The van der Waals surface area contributed by atoms with Crippen molar-refractivity contribution in [3.05, 3.63) is 88.1 Å². The zero-order valence-electron chi connectivity index (χ0n) is 29.5. The van der Waals surface area contributed by atoms with Crippen molar-refractivity contribution in [3.8, 4) is 17.2 Å². The fourth-order valence-electron chi connectivity index (χ4n) is 8.40. The average Bonchev–Trinajstić information content (AvgIpc) is 3.65. The molecular weight excluding hydrogens is 646 g/mol. The van der Waals surface area contributed by atoms with Crippen LogP contribution in [0, 0.1) is 12.3 Å². The normalized spacial score (nSPS) is 22.8. The molecule has 0 radical (unpaired) electrons. The smallest absolute Gasteiger partial charge is 0.258 e. The van der Waals surface area contributed by atoms with E-state index >= 15 is 0 Å². The Hall–Kier alpha value is -4.83. The Kier molecular flexibility index (Phi) is 8.53. The summed E-state index contributed by atoms with van der Waals surface area (Å²) in [6.45, 7) is 5.32. The third kappa shape index (κ3) is 5.93. The van der Waals surface area contributed by atoms with E-state index in [9.17, 15) is 19.5 Å². The van der Waals surface area contributed by atoms with Crippen LogP contribution in [0.3, 0.4) is 0 Å². The summed E-state index contributed by atoms with van der Waals surface area (Å²) in [6, 6.07) is 15.5. The Morgan fingerprint density at radius 3 is 2.43 bits per heavy atom. The zero-order chi connectivity index (χ0) is 35.4. The fraction of sp³-hybridized carbons (Fsp3) is 0.439. The maximum atomic E-state index is 13.8. The van der Waals surface area contributed by atoms with Gasteiger partial charge in [0.05, 0.1) is 37.6 Å². The molecule has 3 aromatic carbocycles. The number of carbonyl (C=O) groups excluding carboxylic acids is 3. The number of hydrogen-bond acceptors (Lipinski definition) is 7. The molecule has 1 unspecified atom stereocenters. The summed E-state index contributed by atoms with van der Waals surface area (Å²) in [5.41, 5.74) is 6.88. The van der Waals surface area contributed by atoms with Gasteiger partial charge in [0.1, 0.15) is 5.75 Å². The lowest BCUT2D eigenvalue weighted by atomic mass is 9.97. The second-order valence-corrected chi connectivity index (χ2v) is 14.8. The van der Waals surface area contributed by atoms with Crippen LogP contribution in [0.15, 0.2) is 54.7 Å². The minimum Gasteiger partial charge on any atom is -0.493 e. The van der Waals surface area contributed by atoms with Gasteiger partial charge < -0.3 is 29.1 Å². The molecule has 8 rings (SSSR count). The maximum absolute atomic E-state index is 13.8. The molecule has 1 saturated heterocycles. The van der Waals surface area contributed by atoms with E-state index in [1.807, 2.05) is 24.1 Å². The number of nitrogens with zero attached hydrogens (tertiary/aromatic N) is 3. The lowest BCUT2D eigenvalue weighted by molar-refractivity contribution is -0.109. The molecule has 1 aliphatic carbocycles. The number of carbonyl (C=O) groups is 3. The average molecular weight is 692 g/mol. The zero-order valence-corrected chi connectivity index (χ0v) is 29.5. The third-order valence-corrected chi connectivity index (χ3v) is 11.6. The number of methoxy groups -OCH3 is 1. The lowest BCUT2D eigenvalue weighted by Gasteiger charge is -2.29. The molecule has 3 atom stereocenters. The number of anilines is 1. The monoisotopic (exact) mass is 691 g/mol. The van der Waals surface area contributed by atoms with Crippen molar-refractivity contribution in [2.75, 3.05) is 31.8 Å². The summed E-state index contributed by atoms with van der Waals surface area (Å²) in [6.07, 6.45) is 8.32. The Morgan fingerprint density at radius 2 is 1.73 bits per heavy atom. The van der Waals surface area contributed by atoms with Crippen molar-refractivity contribution < 1.29 is 33.7 Å². The highest BCUT2D eigenvalue weighted by atomic mass is 16.5. The third-order valence-electron chi connectivity index (χ3n) is 11.6. The summed E-state index contributed by atoms with van der Waals surface area (Å²) >= 11 is 0. The predicted molar refractivity (Wildman–Crippen MR) is 192 cm³/mol. The molecule has 1 spiro atoms. The predicted octanol–water partition coefficient (Wildman–Crippen LogP) is 5.91. The molecule has 0 aromatic heterocycles. The van der Waals surface area contributed by atoms with Crippen molar-refractivity contribution in [2.45, 2.75) is 83.5 Å². The number of ether oxygens (including phenoxy) is 3. The SMILES string of the molecule is CCc1ccc(C2=CN3C(=O)c4cc(OC)c(OCCCOc5cc6c(cc5C)C(=O)N5CC7(CC7)C[C@H]5C(O)N6C=O)cc4CC[C@@H]3C2)cc1. The van der Waals surface area contributed by atoms with Crippen LogP contribution >= 0.6 is 0 Å². The molecule has 2 fully saturated rings.